The molecule has 0 fully saturated rings. The Morgan fingerprint density at radius 1 is 0.938 bits per heavy atom. The summed E-state index contributed by atoms with van der Waals surface area (Å²) in [6.07, 6.45) is -0.593. The second-order valence-electron chi connectivity index (χ2n) is 6.94. The van der Waals surface area contributed by atoms with Crippen LogP contribution in [0.3, 0.4) is 0 Å². The van der Waals surface area contributed by atoms with Crippen LogP contribution >= 0.6 is 0 Å². The third-order valence-corrected chi connectivity index (χ3v) is 5.13. The molecule has 9 nitrogen and oxygen atoms in total. The fourth-order valence-electron chi connectivity index (χ4n) is 3.82. The van der Waals surface area contributed by atoms with E-state index in [-0.39, 0.29) is 12.2 Å². The van der Waals surface area contributed by atoms with Crippen molar-refractivity contribution in [3.63, 3.8) is 0 Å². The number of carbonyl (C=O) groups excluding carboxylic acids is 1. The molecule has 0 amide bonds. The summed E-state index contributed by atoms with van der Waals surface area (Å²) in [6.45, 7) is 1.30. The van der Waals surface area contributed by atoms with E-state index < -0.39 is 12.1 Å². The molecule has 0 saturated carbocycles. The van der Waals surface area contributed by atoms with Crippen LogP contribution in [0, 0.1) is 0 Å². The van der Waals surface area contributed by atoms with Gasteiger partial charge in [-0.3, -0.25) is 4.79 Å². The molecule has 0 aromatic heterocycles. The minimum Gasteiger partial charge on any atom is -0.504 e. The van der Waals surface area contributed by atoms with Crippen molar-refractivity contribution < 1.29 is 38.8 Å². The molecule has 1 aliphatic rings. The van der Waals surface area contributed by atoms with E-state index in [0.29, 0.717) is 51.0 Å². The summed E-state index contributed by atoms with van der Waals surface area (Å²) in [5.74, 6) is 0.923. The number of hydrogen-bond acceptors (Lipinski definition) is 9. The summed E-state index contributed by atoms with van der Waals surface area (Å²) in [5.41, 5.74) is 2.53. The zero-order chi connectivity index (χ0) is 23.4. The van der Waals surface area contributed by atoms with Gasteiger partial charge in [-0.15, -0.1) is 0 Å². The van der Waals surface area contributed by atoms with Gasteiger partial charge in [0.15, 0.2) is 23.0 Å². The van der Waals surface area contributed by atoms with Crippen LogP contribution in [0.2, 0.25) is 0 Å². The van der Waals surface area contributed by atoms with E-state index in [0.717, 1.165) is 0 Å². The monoisotopic (exact) mass is 443 g/mol. The van der Waals surface area contributed by atoms with Crippen LogP contribution in [0.1, 0.15) is 24.5 Å². The lowest BCUT2D eigenvalue weighted by molar-refractivity contribution is -0.143. The highest BCUT2D eigenvalue weighted by Gasteiger charge is 2.36. The van der Waals surface area contributed by atoms with Crippen molar-refractivity contribution in [2.75, 3.05) is 28.4 Å². The number of benzene rings is 2. The minimum atomic E-state index is -0.736. The Morgan fingerprint density at radius 2 is 1.56 bits per heavy atom. The number of carbonyl (C=O) groups is 1. The fraction of sp³-hybridized carbons (Fsp3) is 0.304. The van der Waals surface area contributed by atoms with Crippen molar-refractivity contribution in [3.8, 4) is 28.7 Å². The lowest BCUT2D eigenvalue weighted by Crippen LogP contribution is -2.16. The zero-order valence-corrected chi connectivity index (χ0v) is 18.5. The second kappa shape index (κ2) is 9.51. The van der Waals surface area contributed by atoms with Gasteiger partial charge in [0, 0.05) is 24.5 Å². The predicted octanol–water partition coefficient (Wildman–Crippen LogP) is 3.50. The Bertz CT molecular complexity index is 1060. The van der Waals surface area contributed by atoms with Gasteiger partial charge in [0.2, 0.25) is 5.75 Å². The smallest absolute Gasteiger partial charge is 0.303 e. The summed E-state index contributed by atoms with van der Waals surface area (Å²) in [6, 6.07) is 8.25. The second-order valence-corrected chi connectivity index (χ2v) is 6.94. The van der Waals surface area contributed by atoms with Crippen molar-refractivity contribution in [1.82, 2.24) is 0 Å². The number of esters is 1. The molecule has 32 heavy (non-hydrogen) atoms. The third kappa shape index (κ3) is 4.14. The van der Waals surface area contributed by atoms with E-state index in [1.165, 1.54) is 41.4 Å². The Kier molecular flexibility index (Phi) is 6.77. The number of nitrogens with zero attached hydrogens (tertiary/aromatic N) is 1. The molecular formula is C23H25NO8. The first-order valence-corrected chi connectivity index (χ1v) is 9.68. The van der Waals surface area contributed by atoms with Gasteiger partial charge >= 0.3 is 5.97 Å². The summed E-state index contributed by atoms with van der Waals surface area (Å²) >= 11 is 0. The molecule has 2 aromatic carbocycles. The van der Waals surface area contributed by atoms with E-state index in [2.05, 4.69) is 5.16 Å². The number of allylic oxidation sites excluding steroid dienone is 1. The van der Waals surface area contributed by atoms with Crippen molar-refractivity contribution >= 4 is 22.8 Å². The van der Waals surface area contributed by atoms with Gasteiger partial charge in [-0.1, -0.05) is 11.2 Å². The molecule has 3 rings (SSSR count). The molecule has 0 heterocycles. The van der Waals surface area contributed by atoms with Crippen molar-refractivity contribution in [3.05, 3.63) is 41.5 Å². The van der Waals surface area contributed by atoms with Crippen LogP contribution in [0.25, 0.3) is 11.1 Å². The standard InChI is InChI=1S/C23H25NO8/c1-12(25)32-18-11-15(24-27)21(22(18)13-6-7-17(28-2)16(26)8-13)14-9-19(29-3)23(31-5)20(10-14)30-4/h6-10,18,26-27H,11H2,1-5H3/b24-15+. The van der Waals surface area contributed by atoms with E-state index in [9.17, 15) is 15.1 Å². The lowest BCUT2D eigenvalue weighted by atomic mass is 9.94. The molecule has 1 aliphatic carbocycles. The Hall–Kier alpha value is -3.88. The van der Waals surface area contributed by atoms with Crippen LogP contribution in [0.15, 0.2) is 35.5 Å². The Labute approximate surface area is 185 Å². The van der Waals surface area contributed by atoms with Gasteiger partial charge in [0.25, 0.3) is 0 Å². The van der Waals surface area contributed by atoms with Gasteiger partial charge in [-0.05, 0) is 35.4 Å². The maximum Gasteiger partial charge on any atom is 0.303 e. The van der Waals surface area contributed by atoms with Crippen molar-refractivity contribution in [2.24, 2.45) is 5.16 Å². The highest BCUT2D eigenvalue weighted by molar-refractivity contribution is 6.34. The van der Waals surface area contributed by atoms with Gasteiger partial charge in [-0.25, -0.2) is 0 Å². The number of methoxy groups -OCH3 is 4. The number of oxime groups is 1. The zero-order valence-electron chi connectivity index (χ0n) is 18.5. The molecular weight excluding hydrogens is 418 g/mol. The van der Waals surface area contributed by atoms with Crippen molar-refractivity contribution in [1.29, 1.82) is 0 Å². The van der Waals surface area contributed by atoms with Crippen molar-refractivity contribution in [2.45, 2.75) is 19.4 Å². The lowest BCUT2D eigenvalue weighted by Gasteiger charge is -2.18. The van der Waals surface area contributed by atoms with E-state index in [1.807, 2.05) is 0 Å². The molecule has 2 N–H and O–H groups in total. The van der Waals surface area contributed by atoms with Crippen LogP contribution in [-0.2, 0) is 9.53 Å². The molecule has 0 aliphatic heterocycles. The Balaban J connectivity index is 2.33. The minimum absolute atomic E-state index is 0.0855. The quantitative estimate of drug-likeness (QED) is 0.379. The predicted molar refractivity (Wildman–Crippen MR) is 117 cm³/mol. The van der Waals surface area contributed by atoms with E-state index in [1.54, 1.807) is 24.3 Å². The molecule has 2 aromatic rings. The van der Waals surface area contributed by atoms with Crippen LogP contribution in [0.5, 0.6) is 28.7 Å². The maximum atomic E-state index is 11.8. The first kappa shape index (κ1) is 22.8. The molecule has 1 atom stereocenters. The number of phenolic OH excluding ortho intramolecular Hbond substituents is 1. The summed E-state index contributed by atoms with van der Waals surface area (Å²) < 4.78 is 27.0. The topological polar surface area (TPSA) is 116 Å². The number of ether oxygens (including phenoxy) is 5. The molecule has 1 unspecified atom stereocenters. The average Bonchev–Trinajstić information content (AvgIpc) is 3.15. The fourth-order valence-corrected chi connectivity index (χ4v) is 3.82. The van der Waals surface area contributed by atoms with Gasteiger partial charge in [-0.2, -0.15) is 0 Å². The first-order valence-electron chi connectivity index (χ1n) is 9.68. The number of aromatic hydroxyl groups is 1. The molecule has 0 saturated heterocycles. The van der Waals surface area contributed by atoms with Gasteiger partial charge < -0.3 is 34.0 Å². The molecule has 9 heteroatoms. The van der Waals surface area contributed by atoms with Crippen LogP contribution < -0.4 is 18.9 Å². The SMILES string of the molecule is COc1ccc(C2=C(c3cc(OC)c(OC)c(OC)c3)/C(=N/O)CC2OC(C)=O)cc1O. The van der Waals surface area contributed by atoms with Gasteiger partial charge in [0.1, 0.15) is 6.10 Å². The maximum absolute atomic E-state index is 11.8. The molecule has 0 radical (unpaired) electrons. The Morgan fingerprint density at radius 3 is 2.03 bits per heavy atom. The largest absolute Gasteiger partial charge is 0.504 e. The highest BCUT2D eigenvalue weighted by Crippen LogP contribution is 2.46. The van der Waals surface area contributed by atoms with Crippen LogP contribution in [-0.4, -0.2) is 56.5 Å². The molecule has 0 bridgehead atoms. The summed E-state index contributed by atoms with van der Waals surface area (Å²) in [4.78, 5) is 11.8. The number of hydrogen-bond donors (Lipinski definition) is 2. The highest BCUT2D eigenvalue weighted by atomic mass is 16.5. The average molecular weight is 443 g/mol. The molecule has 0 spiro atoms. The summed E-state index contributed by atoms with van der Waals surface area (Å²) in [5, 5.41) is 23.6. The summed E-state index contributed by atoms with van der Waals surface area (Å²) in [7, 11) is 5.94. The van der Waals surface area contributed by atoms with E-state index in [4.69, 9.17) is 23.7 Å². The molecule has 170 valence electrons. The van der Waals surface area contributed by atoms with Crippen LogP contribution in [0.4, 0.5) is 0 Å². The first-order chi connectivity index (χ1) is 15.4. The van der Waals surface area contributed by atoms with Gasteiger partial charge in [0.05, 0.1) is 34.2 Å². The normalized spacial score (nSPS) is 16.8. The number of phenols is 1. The third-order valence-electron chi connectivity index (χ3n) is 5.13. The number of rotatable bonds is 7. The van der Waals surface area contributed by atoms with E-state index >= 15 is 0 Å².